The van der Waals surface area contributed by atoms with Crippen LogP contribution < -0.4 is 0 Å². The van der Waals surface area contributed by atoms with E-state index in [2.05, 4.69) is 0 Å². The van der Waals surface area contributed by atoms with Crippen molar-refractivity contribution in [3.05, 3.63) is 34.1 Å². The highest BCUT2D eigenvalue weighted by Gasteiger charge is 2.34. The predicted molar refractivity (Wildman–Crippen MR) is 42.3 cm³/mol. The number of aliphatic hydroxyl groups excluding tert-OH is 1. The molecule has 0 unspecified atom stereocenters. The molecule has 1 rings (SSSR count). The second kappa shape index (κ2) is 3.74. The van der Waals surface area contributed by atoms with Gasteiger partial charge in [0.25, 0.3) is 0 Å². The summed E-state index contributed by atoms with van der Waals surface area (Å²) in [4.78, 5) is 0. The van der Waals surface area contributed by atoms with E-state index in [1.165, 1.54) is 0 Å². The minimum atomic E-state index is -4.64. The third-order valence-corrected chi connectivity index (χ3v) is 1.91. The molecule has 0 aliphatic heterocycles. The lowest BCUT2D eigenvalue weighted by Gasteiger charge is -2.11. The Kier molecular flexibility index (Phi) is 3.01. The molecule has 6 heteroatoms. The lowest BCUT2D eigenvalue weighted by atomic mass is 10.1. The van der Waals surface area contributed by atoms with E-state index in [0.717, 1.165) is 0 Å². The third-order valence-electron chi connectivity index (χ3n) is 1.62. The molecule has 0 radical (unpaired) electrons. The van der Waals surface area contributed by atoms with Crippen molar-refractivity contribution >= 4 is 11.6 Å². The van der Waals surface area contributed by atoms with Gasteiger partial charge in [-0.05, 0) is 17.7 Å². The highest BCUT2D eigenvalue weighted by atomic mass is 35.5. The van der Waals surface area contributed by atoms with Gasteiger partial charge in [0.15, 0.2) is 0 Å². The van der Waals surface area contributed by atoms with Crippen LogP contribution in [0.3, 0.4) is 0 Å². The van der Waals surface area contributed by atoms with Gasteiger partial charge in [-0.15, -0.1) is 0 Å². The molecule has 78 valence electrons. The standard InChI is InChI=1S/C8H5ClF4O/c9-6-2-5(8(11,12)13)4(3-14)1-7(6)10/h1-2,14H,3H2. The fourth-order valence-corrected chi connectivity index (χ4v) is 1.15. The van der Waals surface area contributed by atoms with E-state index in [-0.39, 0.29) is 0 Å². The van der Waals surface area contributed by atoms with Crippen molar-refractivity contribution in [2.75, 3.05) is 0 Å². The van der Waals surface area contributed by atoms with Gasteiger partial charge in [0, 0.05) is 0 Å². The number of hydrogen-bond acceptors (Lipinski definition) is 1. The minimum Gasteiger partial charge on any atom is -0.392 e. The Bertz CT molecular complexity index is 348. The Labute approximate surface area is 81.9 Å². The summed E-state index contributed by atoms with van der Waals surface area (Å²) in [6.45, 7) is -0.886. The lowest BCUT2D eigenvalue weighted by molar-refractivity contribution is -0.138. The zero-order chi connectivity index (χ0) is 10.9. The predicted octanol–water partition coefficient (Wildman–Crippen LogP) is 2.99. The first kappa shape index (κ1) is 11.3. The molecule has 1 aromatic carbocycles. The maximum absolute atomic E-state index is 12.7. The van der Waals surface area contributed by atoms with Crippen molar-refractivity contribution in [3.63, 3.8) is 0 Å². The Morgan fingerprint density at radius 1 is 1.29 bits per heavy atom. The van der Waals surface area contributed by atoms with E-state index < -0.39 is 34.7 Å². The van der Waals surface area contributed by atoms with Gasteiger partial charge >= 0.3 is 6.18 Å². The molecule has 14 heavy (non-hydrogen) atoms. The number of benzene rings is 1. The van der Waals surface area contributed by atoms with E-state index in [0.29, 0.717) is 12.1 Å². The maximum Gasteiger partial charge on any atom is 0.416 e. The topological polar surface area (TPSA) is 20.2 Å². The molecule has 0 aliphatic rings. The molecule has 0 amide bonds. The van der Waals surface area contributed by atoms with E-state index in [9.17, 15) is 17.6 Å². The molecule has 0 bridgehead atoms. The van der Waals surface area contributed by atoms with Crippen LogP contribution in [0.4, 0.5) is 17.6 Å². The van der Waals surface area contributed by atoms with Gasteiger partial charge in [-0.1, -0.05) is 11.6 Å². The fourth-order valence-electron chi connectivity index (χ4n) is 0.983. The quantitative estimate of drug-likeness (QED) is 0.733. The monoisotopic (exact) mass is 228 g/mol. The summed E-state index contributed by atoms with van der Waals surface area (Å²) in [6, 6.07) is 1.04. The average Bonchev–Trinajstić information content (AvgIpc) is 2.07. The third kappa shape index (κ3) is 2.16. The van der Waals surface area contributed by atoms with Crippen molar-refractivity contribution in [1.82, 2.24) is 0 Å². The number of aliphatic hydroxyl groups is 1. The van der Waals surface area contributed by atoms with Gasteiger partial charge in [0.2, 0.25) is 0 Å². The molecule has 0 saturated heterocycles. The minimum absolute atomic E-state index is 0.461. The van der Waals surface area contributed by atoms with Crippen molar-refractivity contribution in [1.29, 1.82) is 0 Å². The van der Waals surface area contributed by atoms with Crippen LogP contribution in [-0.4, -0.2) is 5.11 Å². The highest BCUT2D eigenvalue weighted by Crippen LogP contribution is 2.34. The Balaban J connectivity index is 3.35. The van der Waals surface area contributed by atoms with Crippen molar-refractivity contribution in [2.45, 2.75) is 12.8 Å². The smallest absolute Gasteiger partial charge is 0.392 e. The Morgan fingerprint density at radius 2 is 1.86 bits per heavy atom. The molecular weight excluding hydrogens is 224 g/mol. The lowest BCUT2D eigenvalue weighted by Crippen LogP contribution is -2.09. The second-order valence-electron chi connectivity index (χ2n) is 2.58. The molecule has 1 N–H and O–H groups in total. The van der Waals surface area contributed by atoms with Gasteiger partial charge < -0.3 is 5.11 Å². The summed E-state index contributed by atoms with van der Waals surface area (Å²) >= 11 is 5.19. The Hall–Kier alpha value is -0.810. The molecule has 0 atom stereocenters. The maximum atomic E-state index is 12.7. The summed E-state index contributed by atoms with van der Waals surface area (Å²) < 4.78 is 49.5. The molecular formula is C8H5ClF4O. The molecule has 1 nitrogen and oxygen atoms in total. The van der Waals surface area contributed by atoms with Crippen LogP contribution in [0.1, 0.15) is 11.1 Å². The summed E-state index contributed by atoms with van der Waals surface area (Å²) in [6.07, 6.45) is -4.64. The first-order chi connectivity index (χ1) is 6.36. The molecule has 0 fully saturated rings. The number of rotatable bonds is 1. The fraction of sp³-hybridized carbons (Fsp3) is 0.250. The van der Waals surface area contributed by atoms with E-state index in [1.54, 1.807) is 0 Å². The van der Waals surface area contributed by atoms with E-state index >= 15 is 0 Å². The zero-order valence-corrected chi connectivity index (χ0v) is 7.45. The van der Waals surface area contributed by atoms with Crippen LogP contribution in [-0.2, 0) is 12.8 Å². The SMILES string of the molecule is OCc1cc(F)c(Cl)cc1C(F)(F)F. The summed E-state index contributed by atoms with van der Waals surface area (Å²) in [7, 11) is 0. The van der Waals surface area contributed by atoms with Crippen LogP contribution in [0, 0.1) is 5.82 Å². The number of halogens is 5. The molecule has 1 aromatic rings. The van der Waals surface area contributed by atoms with Gasteiger partial charge in [-0.2, -0.15) is 13.2 Å². The van der Waals surface area contributed by atoms with E-state index in [1.807, 2.05) is 0 Å². The normalized spacial score (nSPS) is 11.9. The number of hydrogen-bond donors (Lipinski definition) is 1. The van der Waals surface area contributed by atoms with Crippen molar-refractivity contribution < 1.29 is 22.7 Å². The van der Waals surface area contributed by atoms with Crippen molar-refractivity contribution in [3.8, 4) is 0 Å². The van der Waals surface area contributed by atoms with Crippen LogP contribution >= 0.6 is 11.6 Å². The van der Waals surface area contributed by atoms with Gasteiger partial charge in [-0.3, -0.25) is 0 Å². The van der Waals surface area contributed by atoms with Crippen LogP contribution in [0.2, 0.25) is 5.02 Å². The van der Waals surface area contributed by atoms with E-state index in [4.69, 9.17) is 16.7 Å². The molecule has 0 heterocycles. The average molecular weight is 229 g/mol. The first-order valence-electron chi connectivity index (χ1n) is 3.52. The summed E-state index contributed by atoms with van der Waals surface area (Å²) in [5, 5.41) is 7.97. The van der Waals surface area contributed by atoms with Crippen LogP contribution in [0.15, 0.2) is 12.1 Å². The van der Waals surface area contributed by atoms with Gasteiger partial charge in [0.1, 0.15) is 5.82 Å². The summed E-state index contributed by atoms with van der Waals surface area (Å²) in [5.74, 6) is -0.983. The largest absolute Gasteiger partial charge is 0.416 e. The van der Waals surface area contributed by atoms with Gasteiger partial charge in [-0.25, -0.2) is 4.39 Å². The second-order valence-corrected chi connectivity index (χ2v) is 2.99. The molecule has 0 saturated carbocycles. The summed E-state index contributed by atoms with van der Waals surface area (Å²) in [5.41, 5.74) is -1.65. The molecule has 0 aliphatic carbocycles. The van der Waals surface area contributed by atoms with Crippen LogP contribution in [0.25, 0.3) is 0 Å². The molecule has 0 aromatic heterocycles. The van der Waals surface area contributed by atoms with Gasteiger partial charge in [0.05, 0.1) is 17.2 Å². The zero-order valence-electron chi connectivity index (χ0n) is 6.70. The number of alkyl halides is 3. The van der Waals surface area contributed by atoms with Crippen molar-refractivity contribution in [2.24, 2.45) is 0 Å². The van der Waals surface area contributed by atoms with Crippen LogP contribution in [0.5, 0.6) is 0 Å². The molecule has 0 spiro atoms. The first-order valence-corrected chi connectivity index (χ1v) is 3.90. The Morgan fingerprint density at radius 3 is 2.29 bits per heavy atom. The highest BCUT2D eigenvalue weighted by molar-refractivity contribution is 6.30.